The summed E-state index contributed by atoms with van der Waals surface area (Å²) in [6, 6.07) is 8.16. The van der Waals surface area contributed by atoms with Gasteiger partial charge in [-0.15, -0.1) is 0 Å². The Hall–Kier alpha value is -0.701. The van der Waals surface area contributed by atoms with E-state index in [9.17, 15) is 0 Å². The normalized spacial score (nSPS) is 11.3. The van der Waals surface area contributed by atoms with Gasteiger partial charge in [-0.05, 0) is 0 Å². The van der Waals surface area contributed by atoms with Crippen LogP contribution in [0.15, 0.2) is 40.2 Å². The van der Waals surface area contributed by atoms with Gasteiger partial charge in [0.05, 0.1) is 0 Å². The average molecular weight is 479 g/mol. The maximum absolute atomic E-state index is 6.16. The summed E-state index contributed by atoms with van der Waals surface area (Å²) in [5.74, 6) is 0.888. The Bertz CT molecular complexity index is 536. The molecule has 0 amide bonds. The Morgan fingerprint density at radius 2 is 1.44 bits per heavy atom. The molecule has 0 aromatic heterocycles. The van der Waals surface area contributed by atoms with Crippen molar-refractivity contribution >= 4 is 18.4 Å². The predicted octanol–water partition coefficient (Wildman–Crippen LogP) is 7.31. The minimum absolute atomic E-state index is 0.645. The van der Waals surface area contributed by atoms with Crippen molar-refractivity contribution in [3.05, 3.63) is 45.7 Å². The van der Waals surface area contributed by atoms with E-state index < -0.39 is 18.4 Å². The van der Waals surface area contributed by atoms with E-state index in [0.717, 1.165) is 12.4 Å². The zero-order chi connectivity index (χ0) is 20.0. The van der Waals surface area contributed by atoms with Gasteiger partial charge in [-0.1, -0.05) is 0 Å². The van der Waals surface area contributed by atoms with Crippen LogP contribution in [0.4, 0.5) is 0 Å². The van der Waals surface area contributed by atoms with Gasteiger partial charge in [0.25, 0.3) is 0 Å². The van der Waals surface area contributed by atoms with E-state index in [1.807, 2.05) is 12.1 Å². The third kappa shape index (κ3) is 8.46. The summed E-state index contributed by atoms with van der Waals surface area (Å²) in [5, 5.41) is 0. The first-order chi connectivity index (χ1) is 13.2. The van der Waals surface area contributed by atoms with E-state index in [4.69, 9.17) is 9.47 Å². The second kappa shape index (κ2) is 14.3. The second-order valence-corrected chi connectivity index (χ2v) is 20.9. The number of benzene rings is 1. The standard InChI is InChI=1S/C12H13O2.3C4H9.Sn/c1-3-4-9-14-10-11-5-7-12(13-2)8-6-11;3*1-3-4-2;/h5-8H,1,9-10H2,2H3;3*1,3-4H2,2H3;. The molecule has 0 saturated carbocycles. The third-order valence-electron chi connectivity index (χ3n) is 5.55. The van der Waals surface area contributed by atoms with Crippen LogP contribution < -0.4 is 4.74 Å². The Balaban J connectivity index is 2.82. The molecule has 0 fully saturated rings. The molecule has 0 aliphatic carbocycles. The molecule has 0 spiro atoms. The zero-order valence-electron chi connectivity index (χ0n) is 18.1. The maximum atomic E-state index is 6.16. The number of rotatable bonds is 15. The average Bonchev–Trinajstić information content (AvgIpc) is 2.71. The predicted molar refractivity (Wildman–Crippen MR) is 120 cm³/mol. The SMILES string of the molecule is C=C=[C](COCc1ccc(OC)cc1)[Sn]([CH2]CCC)([CH2]CCC)[CH2]CCC. The van der Waals surface area contributed by atoms with Crippen LogP contribution >= 0.6 is 0 Å². The van der Waals surface area contributed by atoms with Gasteiger partial charge < -0.3 is 0 Å². The Labute approximate surface area is 171 Å². The van der Waals surface area contributed by atoms with Crippen molar-refractivity contribution in [2.24, 2.45) is 0 Å². The molecule has 1 aromatic carbocycles. The fourth-order valence-electron chi connectivity index (χ4n) is 3.76. The Kier molecular flexibility index (Phi) is 12.9. The van der Waals surface area contributed by atoms with E-state index in [2.05, 4.69) is 45.2 Å². The van der Waals surface area contributed by atoms with Crippen LogP contribution in [0.2, 0.25) is 13.3 Å². The fraction of sp³-hybridized carbons (Fsp3) is 0.625. The molecular formula is C24H40O2Sn. The van der Waals surface area contributed by atoms with E-state index in [0.29, 0.717) is 6.61 Å². The number of ether oxygens (including phenoxy) is 2. The Morgan fingerprint density at radius 1 is 0.926 bits per heavy atom. The second-order valence-electron chi connectivity index (χ2n) is 7.59. The van der Waals surface area contributed by atoms with Gasteiger partial charge >= 0.3 is 172 Å². The monoisotopic (exact) mass is 480 g/mol. The Morgan fingerprint density at radius 3 is 1.85 bits per heavy atom. The van der Waals surface area contributed by atoms with Crippen LogP contribution in [-0.2, 0) is 11.3 Å². The molecule has 1 aromatic rings. The first-order valence-electron chi connectivity index (χ1n) is 10.8. The molecule has 0 N–H and O–H groups in total. The summed E-state index contributed by atoms with van der Waals surface area (Å²) in [6.45, 7) is 12.4. The molecule has 0 heterocycles. The minimum atomic E-state index is -2.44. The number of unbranched alkanes of at least 4 members (excludes halogenated alkanes) is 3. The molecule has 0 aliphatic rings. The van der Waals surface area contributed by atoms with Crippen molar-refractivity contribution in [3.8, 4) is 5.75 Å². The van der Waals surface area contributed by atoms with Crippen molar-refractivity contribution < 1.29 is 9.47 Å². The van der Waals surface area contributed by atoms with Gasteiger partial charge in [0.1, 0.15) is 0 Å². The van der Waals surface area contributed by atoms with Crippen LogP contribution in [0.5, 0.6) is 5.75 Å². The molecule has 0 bridgehead atoms. The van der Waals surface area contributed by atoms with Crippen LogP contribution in [-0.4, -0.2) is 32.1 Å². The molecular weight excluding hydrogens is 439 g/mol. The summed E-state index contributed by atoms with van der Waals surface area (Å²) in [5.41, 5.74) is 4.58. The van der Waals surface area contributed by atoms with Crippen LogP contribution in [0.1, 0.15) is 64.9 Å². The molecule has 0 aliphatic heterocycles. The van der Waals surface area contributed by atoms with Gasteiger partial charge in [0.2, 0.25) is 0 Å². The number of hydrogen-bond donors (Lipinski definition) is 0. The van der Waals surface area contributed by atoms with Crippen molar-refractivity contribution in [1.29, 1.82) is 0 Å². The first kappa shape index (κ1) is 24.3. The summed E-state index contributed by atoms with van der Waals surface area (Å²) in [7, 11) is 1.70. The van der Waals surface area contributed by atoms with E-state index in [1.54, 1.807) is 7.11 Å². The molecule has 152 valence electrons. The summed E-state index contributed by atoms with van der Waals surface area (Å²) in [4.78, 5) is 0. The van der Waals surface area contributed by atoms with Crippen molar-refractivity contribution in [2.75, 3.05) is 13.7 Å². The molecule has 1 rings (SSSR count). The van der Waals surface area contributed by atoms with Crippen LogP contribution in [0.3, 0.4) is 0 Å². The molecule has 3 heteroatoms. The molecule has 0 radical (unpaired) electrons. The zero-order valence-corrected chi connectivity index (χ0v) is 21.0. The number of hydrogen-bond acceptors (Lipinski definition) is 2. The van der Waals surface area contributed by atoms with Gasteiger partial charge in [-0.3, -0.25) is 0 Å². The first-order valence-corrected chi connectivity index (χ1v) is 18.2. The molecule has 27 heavy (non-hydrogen) atoms. The summed E-state index contributed by atoms with van der Waals surface area (Å²) < 4.78 is 17.2. The van der Waals surface area contributed by atoms with Crippen LogP contribution in [0, 0.1) is 0 Å². The van der Waals surface area contributed by atoms with Crippen molar-refractivity contribution in [3.63, 3.8) is 0 Å². The fourth-order valence-corrected chi connectivity index (χ4v) is 19.5. The van der Waals surface area contributed by atoms with E-state index in [-0.39, 0.29) is 0 Å². The van der Waals surface area contributed by atoms with Crippen molar-refractivity contribution in [1.82, 2.24) is 0 Å². The summed E-state index contributed by atoms with van der Waals surface area (Å²) in [6.07, 6.45) is 7.92. The summed E-state index contributed by atoms with van der Waals surface area (Å²) >= 11 is -2.44. The number of methoxy groups -OCH3 is 1. The van der Waals surface area contributed by atoms with Gasteiger partial charge in [0.15, 0.2) is 0 Å². The topological polar surface area (TPSA) is 18.5 Å². The molecule has 0 unspecified atom stereocenters. The van der Waals surface area contributed by atoms with Crippen LogP contribution in [0.25, 0.3) is 0 Å². The van der Waals surface area contributed by atoms with Gasteiger partial charge in [-0.25, -0.2) is 0 Å². The quantitative estimate of drug-likeness (QED) is 0.194. The van der Waals surface area contributed by atoms with Crippen molar-refractivity contribution in [2.45, 2.75) is 79.2 Å². The molecule has 0 atom stereocenters. The van der Waals surface area contributed by atoms with Gasteiger partial charge in [-0.2, -0.15) is 0 Å². The third-order valence-corrected chi connectivity index (χ3v) is 21.3. The van der Waals surface area contributed by atoms with E-state index in [1.165, 1.54) is 61.0 Å². The van der Waals surface area contributed by atoms with Gasteiger partial charge in [0, 0.05) is 0 Å². The molecule has 2 nitrogen and oxygen atoms in total. The van der Waals surface area contributed by atoms with E-state index >= 15 is 0 Å². The molecule has 0 saturated heterocycles.